The van der Waals surface area contributed by atoms with E-state index in [9.17, 15) is 9.59 Å². The first-order chi connectivity index (χ1) is 15.2. The summed E-state index contributed by atoms with van der Waals surface area (Å²) in [7, 11) is 1.62. The Kier molecular flexibility index (Phi) is 6.52. The number of ether oxygens (including phenoxy) is 1. The number of nitrogens with one attached hydrogen (secondary N) is 1. The first-order valence-electron chi connectivity index (χ1n) is 10.1. The number of anilines is 1. The number of aromatic nitrogens is 1. The van der Waals surface area contributed by atoms with Crippen LogP contribution in [0.5, 0.6) is 5.75 Å². The molecule has 6 nitrogen and oxygen atoms in total. The van der Waals surface area contributed by atoms with Crippen LogP contribution in [0.15, 0.2) is 76.8 Å². The standard InChI is InChI=1S/C24H23N3O3S/c1-30-18-8-4-7-17(15-18)16-26-22(28)12-6-14-27-20-10-2-3-11-21(20)31-23-19(24(27)29)9-5-13-25-23/h2-5,7-11,13,15H,6,12,14,16H2,1H3,(H,26,28). The number of nitrogens with zero attached hydrogens (tertiary/aromatic N) is 2. The summed E-state index contributed by atoms with van der Waals surface area (Å²) in [6, 6.07) is 19.0. The second-order valence-electron chi connectivity index (χ2n) is 7.11. The van der Waals surface area contributed by atoms with Gasteiger partial charge in [-0.1, -0.05) is 36.0 Å². The maximum absolute atomic E-state index is 13.2. The molecule has 0 bridgehead atoms. The molecular weight excluding hydrogens is 410 g/mol. The van der Waals surface area contributed by atoms with Crippen LogP contribution in [0.2, 0.25) is 0 Å². The number of fused-ring (bicyclic) bond motifs is 2. The molecule has 0 fully saturated rings. The molecule has 0 atom stereocenters. The zero-order chi connectivity index (χ0) is 21.6. The van der Waals surface area contributed by atoms with Gasteiger partial charge < -0.3 is 15.0 Å². The fourth-order valence-electron chi connectivity index (χ4n) is 3.45. The van der Waals surface area contributed by atoms with E-state index in [4.69, 9.17) is 4.74 Å². The third kappa shape index (κ3) is 4.88. The average Bonchev–Trinajstić information content (AvgIpc) is 2.92. The van der Waals surface area contributed by atoms with E-state index >= 15 is 0 Å². The quantitative estimate of drug-likeness (QED) is 0.602. The first-order valence-corrected chi connectivity index (χ1v) is 10.9. The molecule has 1 N–H and O–H groups in total. The molecule has 0 spiro atoms. The Balaban J connectivity index is 1.39. The van der Waals surface area contributed by atoms with Crippen LogP contribution in [0.1, 0.15) is 28.8 Å². The summed E-state index contributed by atoms with van der Waals surface area (Å²) in [5.41, 5.74) is 2.42. The minimum atomic E-state index is -0.0858. The monoisotopic (exact) mass is 433 g/mol. The third-order valence-electron chi connectivity index (χ3n) is 5.02. The summed E-state index contributed by atoms with van der Waals surface area (Å²) in [6.45, 7) is 0.897. The van der Waals surface area contributed by atoms with Gasteiger partial charge in [-0.05, 0) is 48.4 Å². The first kappa shape index (κ1) is 20.9. The molecule has 2 heterocycles. The fraction of sp³-hybridized carbons (Fsp3) is 0.208. The number of rotatable bonds is 7. The van der Waals surface area contributed by atoms with Gasteiger partial charge in [0, 0.05) is 30.6 Å². The number of hydrogen-bond donors (Lipinski definition) is 1. The number of carbonyl (C=O) groups is 2. The van der Waals surface area contributed by atoms with Crippen molar-refractivity contribution in [3.8, 4) is 5.75 Å². The number of carbonyl (C=O) groups excluding carboxylic acids is 2. The number of pyridine rings is 1. The van der Waals surface area contributed by atoms with Crippen LogP contribution in [-0.2, 0) is 11.3 Å². The molecule has 4 rings (SSSR count). The zero-order valence-electron chi connectivity index (χ0n) is 17.2. The third-order valence-corrected chi connectivity index (χ3v) is 6.10. The number of benzene rings is 2. The highest BCUT2D eigenvalue weighted by atomic mass is 32.2. The molecule has 0 aliphatic carbocycles. The molecule has 1 aliphatic rings. The Morgan fingerprint density at radius 1 is 1.13 bits per heavy atom. The van der Waals surface area contributed by atoms with Crippen molar-refractivity contribution in [1.82, 2.24) is 10.3 Å². The SMILES string of the molecule is COc1cccc(CNC(=O)CCCN2C(=O)c3cccnc3Sc3ccccc32)c1. The van der Waals surface area contributed by atoms with E-state index in [0.717, 1.165) is 21.9 Å². The highest BCUT2D eigenvalue weighted by Gasteiger charge is 2.27. The highest BCUT2D eigenvalue weighted by Crippen LogP contribution is 2.40. The molecule has 0 radical (unpaired) electrons. The maximum atomic E-state index is 13.2. The van der Waals surface area contributed by atoms with Crippen LogP contribution >= 0.6 is 11.8 Å². The highest BCUT2D eigenvalue weighted by molar-refractivity contribution is 7.99. The molecule has 158 valence electrons. The molecule has 2 aromatic carbocycles. The summed E-state index contributed by atoms with van der Waals surface area (Å²) in [5.74, 6) is 0.630. The largest absolute Gasteiger partial charge is 0.497 e. The van der Waals surface area contributed by atoms with Crippen LogP contribution in [0.3, 0.4) is 0 Å². The molecule has 0 saturated heterocycles. The Morgan fingerprint density at radius 2 is 2.00 bits per heavy atom. The van der Waals surface area contributed by atoms with E-state index in [1.54, 1.807) is 30.3 Å². The van der Waals surface area contributed by atoms with Gasteiger partial charge in [0.15, 0.2) is 0 Å². The average molecular weight is 434 g/mol. The van der Waals surface area contributed by atoms with E-state index in [2.05, 4.69) is 10.3 Å². The van der Waals surface area contributed by atoms with Gasteiger partial charge in [0.1, 0.15) is 10.8 Å². The number of para-hydroxylation sites is 1. The molecule has 1 aliphatic heterocycles. The van der Waals surface area contributed by atoms with Crippen LogP contribution in [0.4, 0.5) is 5.69 Å². The lowest BCUT2D eigenvalue weighted by molar-refractivity contribution is -0.121. The Morgan fingerprint density at radius 3 is 2.87 bits per heavy atom. The molecule has 7 heteroatoms. The predicted molar refractivity (Wildman–Crippen MR) is 121 cm³/mol. The Bertz CT molecular complexity index is 1100. The van der Waals surface area contributed by atoms with Gasteiger partial charge >= 0.3 is 0 Å². The Hall–Kier alpha value is -3.32. The van der Waals surface area contributed by atoms with E-state index in [1.165, 1.54) is 11.8 Å². The number of amides is 2. The molecule has 31 heavy (non-hydrogen) atoms. The van der Waals surface area contributed by atoms with Gasteiger partial charge in [0.2, 0.25) is 5.91 Å². The van der Waals surface area contributed by atoms with Crippen molar-refractivity contribution in [3.63, 3.8) is 0 Å². The van der Waals surface area contributed by atoms with E-state index in [-0.39, 0.29) is 11.8 Å². The number of methoxy groups -OCH3 is 1. The van der Waals surface area contributed by atoms with Crippen molar-refractivity contribution in [2.45, 2.75) is 29.3 Å². The van der Waals surface area contributed by atoms with Gasteiger partial charge in [0.05, 0.1) is 18.4 Å². The van der Waals surface area contributed by atoms with Crippen LogP contribution < -0.4 is 15.0 Å². The smallest absolute Gasteiger partial charge is 0.261 e. The van der Waals surface area contributed by atoms with E-state index in [0.29, 0.717) is 36.5 Å². The molecule has 3 aromatic rings. The van der Waals surface area contributed by atoms with Gasteiger partial charge in [0.25, 0.3) is 5.91 Å². The van der Waals surface area contributed by atoms with Gasteiger partial charge in [-0.2, -0.15) is 0 Å². The van der Waals surface area contributed by atoms with Gasteiger partial charge in [-0.25, -0.2) is 4.98 Å². The molecular formula is C24H23N3O3S. The van der Waals surface area contributed by atoms with Crippen molar-refractivity contribution < 1.29 is 14.3 Å². The second-order valence-corrected chi connectivity index (χ2v) is 8.15. The zero-order valence-corrected chi connectivity index (χ0v) is 18.0. The Labute approximate surface area is 185 Å². The van der Waals surface area contributed by atoms with Crippen LogP contribution in [0, 0.1) is 0 Å². The van der Waals surface area contributed by atoms with Gasteiger partial charge in [-0.3, -0.25) is 9.59 Å². The van der Waals surface area contributed by atoms with Crippen molar-refractivity contribution in [1.29, 1.82) is 0 Å². The summed E-state index contributed by atoms with van der Waals surface area (Å²) >= 11 is 1.50. The van der Waals surface area contributed by atoms with Gasteiger partial charge in [-0.15, -0.1) is 0 Å². The minimum absolute atomic E-state index is 0.0465. The molecule has 0 saturated carbocycles. The second kappa shape index (κ2) is 9.66. The normalized spacial score (nSPS) is 12.5. The summed E-state index contributed by atoms with van der Waals surface area (Å²) in [5, 5.41) is 3.64. The maximum Gasteiger partial charge on any atom is 0.261 e. The van der Waals surface area contributed by atoms with Crippen LogP contribution in [-0.4, -0.2) is 30.5 Å². The summed E-state index contributed by atoms with van der Waals surface area (Å²) < 4.78 is 5.21. The topological polar surface area (TPSA) is 71.5 Å². The molecule has 0 unspecified atom stereocenters. The number of hydrogen-bond acceptors (Lipinski definition) is 5. The fourth-order valence-corrected chi connectivity index (χ4v) is 4.47. The van der Waals surface area contributed by atoms with Crippen LogP contribution in [0.25, 0.3) is 0 Å². The van der Waals surface area contributed by atoms with Crippen molar-refractivity contribution >= 4 is 29.3 Å². The van der Waals surface area contributed by atoms with Crippen molar-refractivity contribution in [3.05, 3.63) is 78.0 Å². The lowest BCUT2D eigenvalue weighted by Crippen LogP contribution is -2.33. The lowest BCUT2D eigenvalue weighted by atomic mass is 10.2. The minimum Gasteiger partial charge on any atom is -0.497 e. The van der Waals surface area contributed by atoms with Crippen molar-refractivity contribution in [2.75, 3.05) is 18.6 Å². The van der Waals surface area contributed by atoms with E-state index in [1.807, 2.05) is 48.5 Å². The summed E-state index contributed by atoms with van der Waals surface area (Å²) in [6.07, 6.45) is 2.59. The van der Waals surface area contributed by atoms with Crippen molar-refractivity contribution in [2.24, 2.45) is 0 Å². The molecule has 2 amide bonds. The summed E-state index contributed by atoms with van der Waals surface area (Å²) in [4.78, 5) is 32.7. The van der Waals surface area contributed by atoms with E-state index < -0.39 is 0 Å². The predicted octanol–water partition coefficient (Wildman–Crippen LogP) is 4.30. The molecule has 1 aromatic heterocycles. The lowest BCUT2D eigenvalue weighted by Gasteiger charge is -2.22.